The molecule has 3 saturated carbocycles. The van der Waals surface area contributed by atoms with Gasteiger partial charge < -0.3 is 44.9 Å². The molecule has 256 valence electrons. The maximum atomic E-state index is 13.3. The lowest BCUT2D eigenvalue weighted by Gasteiger charge is -2.66. The van der Waals surface area contributed by atoms with Gasteiger partial charge in [0.25, 0.3) is 0 Å². The van der Waals surface area contributed by atoms with Crippen LogP contribution in [0, 0.1) is 45.3 Å². The Morgan fingerprint density at radius 3 is 2.29 bits per heavy atom. The SMILES string of the molecule is CC(C)=CC(C[C@@H](C)C1CC[C@@]2(C)C3[C@@H](O)C=C4[C@@H](CC[C@H](O)C4(C)C)[C@]3(C=O)CC[C@]12C)O[C@@H]1O[C@H](CO)[C@@H](O)[C@H](O)[C@H]1O. The van der Waals surface area contributed by atoms with Gasteiger partial charge in [-0.05, 0) is 87.4 Å². The lowest BCUT2D eigenvalue weighted by Crippen LogP contribution is -2.64. The quantitative estimate of drug-likeness (QED) is 0.174. The monoisotopic (exact) mass is 634 g/mol. The highest BCUT2D eigenvalue weighted by atomic mass is 16.7. The van der Waals surface area contributed by atoms with Gasteiger partial charge in [-0.2, -0.15) is 0 Å². The molecular weight excluding hydrogens is 576 g/mol. The molecule has 1 aliphatic heterocycles. The van der Waals surface area contributed by atoms with Crippen LogP contribution in [0.25, 0.3) is 0 Å². The zero-order valence-corrected chi connectivity index (χ0v) is 28.2. The molecule has 6 N–H and O–H groups in total. The maximum Gasteiger partial charge on any atom is 0.187 e. The fourth-order valence-electron chi connectivity index (χ4n) is 11.0. The summed E-state index contributed by atoms with van der Waals surface area (Å²) in [4.78, 5) is 13.3. The van der Waals surface area contributed by atoms with Crippen LogP contribution in [0.3, 0.4) is 0 Å². The zero-order chi connectivity index (χ0) is 33.3. The number of aliphatic hydroxyl groups is 6. The van der Waals surface area contributed by atoms with E-state index in [2.05, 4.69) is 20.8 Å². The van der Waals surface area contributed by atoms with Gasteiger partial charge in [0, 0.05) is 16.7 Å². The van der Waals surface area contributed by atoms with Crippen LogP contribution in [0.5, 0.6) is 0 Å². The van der Waals surface area contributed by atoms with Crippen LogP contribution in [0.4, 0.5) is 0 Å². The van der Waals surface area contributed by atoms with E-state index in [1.807, 2.05) is 39.8 Å². The molecule has 5 aliphatic rings. The summed E-state index contributed by atoms with van der Waals surface area (Å²) < 4.78 is 12.0. The predicted octanol–water partition coefficient (Wildman–Crippen LogP) is 3.28. The number of rotatable bonds is 8. The molecule has 15 atom stereocenters. The van der Waals surface area contributed by atoms with E-state index < -0.39 is 66.5 Å². The number of hydrogen-bond acceptors (Lipinski definition) is 9. The molecule has 0 aromatic carbocycles. The molecule has 9 heteroatoms. The summed E-state index contributed by atoms with van der Waals surface area (Å²) in [5.41, 5.74) is 0.502. The zero-order valence-electron chi connectivity index (χ0n) is 28.2. The molecule has 0 amide bonds. The van der Waals surface area contributed by atoms with Crippen molar-refractivity contribution in [3.63, 3.8) is 0 Å². The second-order valence-electron chi connectivity index (χ2n) is 16.5. The molecule has 0 bridgehead atoms. The minimum Gasteiger partial charge on any atom is -0.394 e. The molecule has 3 unspecified atom stereocenters. The van der Waals surface area contributed by atoms with E-state index in [9.17, 15) is 35.4 Å². The lowest BCUT2D eigenvalue weighted by molar-refractivity contribution is -0.308. The van der Waals surface area contributed by atoms with E-state index in [0.717, 1.165) is 36.8 Å². The summed E-state index contributed by atoms with van der Waals surface area (Å²) >= 11 is 0. The van der Waals surface area contributed by atoms with Crippen molar-refractivity contribution in [1.29, 1.82) is 0 Å². The highest BCUT2D eigenvalue weighted by molar-refractivity contribution is 5.65. The molecule has 45 heavy (non-hydrogen) atoms. The normalized spacial score (nSPS) is 48.7. The number of ether oxygens (including phenoxy) is 2. The average molecular weight is 635 g/mol. The molecule has 0 aromatic rings. The van der Waals surface area contributed by atoms with Gasteiger partial charge in [0.15, 0.2) is 6.29 Å². The second-order valence-corrected chi connectivity index (χ2v) is 16.5. The Labute approximate surface area is 268 Å². The van der Waals surface area contributed by atoms with E-state index in [4.69, 9.17) is 9.47 Å². The molecule has 1 heterocycles. The van der Waals surface area contributed by atoms with Crippen molar-refractivity contribution < 1.29 is 44.9 Å². The van der Waals surface area contributed by atoms with Gasteiger partial charge in [0.1, 0.15) is 30.7 Å². The van der Waals surface area contributed by atoms with E-state index >= 15 is 0 Å². The van der Waals surface area contributed by atoms with E-state index in [-0.39, 0.29) is 28.6 Å². The predicted molar refractivity (Wildman–Crippen MR) is 169 cm³/mol. The highest BCUT2D eigenvalue weighted by Crippen LogP contribution is 2.74. The van der Waals surface area contributed by atoms with Crippen molar-refractivity contribution in [3.05, 3.63) is 23.3 Å². The topological polar surface area (TPSA) is 157 Å². The fourth-order valence-corrected chi connectivity index (χ4v) is 11.0. The molecule has 0 aromatic heterocycles. The Morgan fingerprint density at radius 1 is 0.978 bits per heavy atom. The van der Waals surface area contributed by atoms with Gasteiger partial charge in [-0.15, -0.1) is 0 Å². The number of aldehydes is 1. The number of carbonyl (C=O) groups is 1. The van der Waals surface area contributed by atoms with Crippen LogP contribution >= 0.6 is 0 Å². The third kappa shape index (κ3) is 5.41. The van der Waals surface area contributed by atoms with Gasteiger partial charge in [0.2, 0.25) is 0 Å². The summed E-state index contributed by atoms with van der Waals surface area (Å²) in [5.74, 6) is 0.285. The number of carbonyl (C=O) groups excluding carboxylic acids is 1. The molecule has 4 fully saturated rings. The first-order valence-corrected chi connectivity index (χ1v) is 17.1. The molecular formula is C36H58O9. The van der Waals surface area contributed by atoms with Crippen molar-refractivity contribution >= 4 is 6.29 Å². The largest absolute Gasteiger partial charge is 0.394 e. The number of aliphatic hydroxyl groups excluding tert-OH is 6. The third-order valence-corrected chi connectivity index (χ3v) is 13.6. The summed E-state index contributed by atoms with van der Waals surface area (Å²) in [7, 11) is 0. The molecule has 0 radical (unpaired) electrons. The Hall–Kier alpha value is -1.17. The Kier molecular flexibility index (Phi) is 9.66. The Morgan fingerprint density at radius 2 is 1.67 bits per heavy atom. The van der Waals surface area contributed by atoms with Crippen LogP contribution in [0.2, 0.25) is 0 Å². The van der Waals surface area contributed by atoms with Gasteiger partial charge in [-0.1, -0.05) is 57.9 Å². The number of hydrogen-bond donors (Lipinski definition) is 6. The molecule has 9 nitrogen and oxygen atoms in total. The van der Waals surface area contributed by atoms with Gasteiger partial charge in [-0.25, -0.2) is 0 Å². The number of fused-ring (bicyclic) bond motifs is 5. The van der Waals surface area contributed by atoms with Crippen molar-refractivity contribution in [2.45, 2.75) is 142 Å². The first kappa shape index (κ1) is 35.1. The third-order valence-electron chi connectivity index (χ3n) is 13.6. The minimum atomic E-state index is -1.50. The summed E-state index contributed by atoms with van der Waals surface area (Å²) in [6, 6.07) is 0. The van der Waals surface area contributed by atoms with E-state index in [1.165, 1.54) is 6.29 Å². The maximum absolute atomic E-state index is 13.3. The van der Waals surface area contributed by atoms with Gasteiger partial charge in [0.05, 0.1) is 24.9 Å². The van der Waals surface area contributed by atoms with Crippen LogP contribution in [0.15, 0.2) is 23.3 Å². The lowest BCUT2D eigenvalue weighted by atomic mass is 9.38. The van der Waals surface area contributed by atoms with Crippen LogP contribution < -0.4 is 0 Å². The average Bonchev–Trinajstić information content (AvgIpc) is 3.25. The van der Waals surface area contributed by atoms with Crippen molar-refractivity contribution in [2.75, 3.05) is 6.61 Å². The Balaban J connectivity index is 1.41. The van der Waals surface area contributed by atoms with E-state index in [1.54, 1.807) is 0 Å². The van der Waals surface area contributed by atoms with Crippen molar-refractivity contribution in [1.82, 2.24) is 0 Å². The number of allylic oxidation sites excluding steroid dienone is 1. The summed E-state index contributed by atoms with van der Waals surface area (Å²) in [5, 5.41) is 63.6. The molecule has 0 spiro atoms. The van der Waals surface area contributed by atoms with Gasteiger partial charge in [-0.3, -0.25) is 0 Å². The fraction of sp³-hybridized carbons (Fsp3) is 0.861. The van der Waals surface area contributed by atoms with Crippen LogP contribution in [0.1, 0.15) is 93.4 Å². The molecule has 5 rings (SSSR count). The Bertz CT molecular complexity index is 1160. The highest BCUT2D eigenvalue weighted by Gasteiger charge is 2.70. The molecule has 1 saturated heterocycles. The minimum absolute atomic E-state index is 0.0219. The smallest absolute Gasteiger partial charge is 0.187 e. The van der Waals surface area contributed by atoms with Gasteiger partial charge >= 0.3 is 0 Å². The van der Waals surface area contributed by atoms with E-state index in [0.29, 0.717) is 25.2 Å². The summed E-state index contributed by atoms with van der Waals surface area (Å²) in [6.07, 6.45) is 2.26. The summed E-state index contributed by atoms with van der Waals surface area (Å²) in [6.45, 7) is 14.4. The van der Waals surface area contributed by atoms with Crippen molar-refractivity contribution in [3.8, 4) is 0 Å². The molecule has 4 aliphatic carbocycles. The second kappa shape index (κ2) is 12.4. The van der Waals surface area contributed by atoms with Crippen molar-refractivity contribution in [2.24, 2.45) is 45.3 Å². The first-order valence-electron chi connectivity index (χ1n) is 17.1. The standard InChI is InChI=1S/C36H58O9/c1-19(2)14-21(44-32-30(43)29(42)28(41)26(17-37)45-32)15-20(3)22-10-11-35(7)31-25(39)16-24-23(8-9-27(40)33(24,4)5)36(31,18-38)13-12-34(22,35)6/h14,16,18,20-23,25-32,37,39-43H,8-13,15,17H2,1-7H3/t20-,21?,22?,23-,25+,26-,27+,28-,29+,30-,31?,32-,34-,35+,36-/m1/s1. The van der Waals surface area contributed by atoms with Crippen LogP contribution in [-0.4, -0.2) is 92.5 Å². The first-order chi connectivity index (χ1) is 21.0. The van der Waals surface area contributed by atoms with Crippen LogP contribution in [-0.2, 0) is 14.3 Å².